The third-order valence-electron chi connectivity index (χ3n) is 5.01. The Balaban J connectivity index is 1.75. The van der Waals surface area contributed by atoms with E-state index in [2.05, 4.69) is 17.5 Å². The van der Waals surface area contributed by atoms with Gasteiger partial charge >= 0.3 is 0 Å². The average molecular weight is 409 g/mol. The molecule has 6 heteroatoms. The zero-order chi connectivity index (χ0) is 21.8. The molecule has 158 valence electrons. The van der Waals surface area contributed by atoms with Crippen molar-refractivity contribution in [3.8, 4) is 5.95 Å². The summed E-state index contributed by atoms with van der Waals surface area (Å²) in [5.74, 6) is 0.675. The molecule has 1 atom stereocenters. The summed E-state index contributed by atoms with van der Waals surface area (Å²) in [6, 6.07) is 7.66. The lowest BCUT2D eigenvalue weighted by atomic mass is 10.0. The van der Waals surface area contributed by atoms with Gasteiger partial charge in [-0.2, -0.15) is 0 Å². The van der Waals surface area contributed by atoms with Crippen LogP contribution in [0.2, 0.25) is 0 Å². The number of anilines is 1. The number of ether oxygens (including phenoxy) is 2. The number of nitrogens with one attached hydrogen (secondary N) is 1. The third kappa shape index (κ3) is 4.89. The molecule has 1 saturated heterocycles. The van der Waals surface area contributed by atoms with Gasteiger partial charge in [-0.25, -0.2) is 0 Å². The van der Waals surface area contributed by atoms with E-state index in [1.165, 1.54) is 14.0 Å². The Bertz CT molecular complexity index is 1060. The summed E-state index contributed by atoms with van der Waals surface area (Å²) in [5.41, 5.74) is 4.98. The summed E-state index contributed by atoms with van der Waals surface area (Å²) in [7, 11) is 1.49. The van der Waals surface area contributed by atoms with Crippen molar-refractivity contribution in [3.63, 3.8) is 0 Å². The highest BCUT2D eigenvalue weighted by molar-refractivity contribution is 5.88. The van der Waals surface area contributed by atoms with Crippen LogP contribution in [0.1, 0.15) is 48.8 Å². The van der Waals surface area contributed by atoms with Crippen LogP contribution >= 0.6 is 0 Å². The lowest BCUT2D eigenvalue weighted by Crippen LogP contribution is -2.15. The van der Waals surface area contributed by atoms with Crippen molar-refractivity contribution in [2.75, 3.05) is 19.0 Å². The maximum absolute atomic E-state index is 12.4. The number of rotatable bonds is 5. The zero-order valence-corrected chi connectivity index (χ0v) is 18.0. The average Bonchev–Trinajstić information content (AvgIpc) is 3.15. The first-order chi connectivity index (χ1) is 14.3. The van der Waals surface area contributed by atoms with Crippen molar-refractivity contribution >= 4 is 17.7 Å². The Labute approximate surface area is 176 Å². The minimum absolute atomic E-state index is 0.0760. The Hall–Kier alpha value is -3.12. The highest BCUT2D eigenvalue weighted by Gasteiger charge is 2.28. The monoisotopic (exact) mass is 409 g/mol. The van der Waals surface area contributed by atoms with Crippen molar-refractivity contribution in [2.45, 2.75) is 40.2 Å². The second kappa shape index (κ2) is 9.13. The van der Waals surface area contributed by atoms with E-state index in [1.807, 2.05) is 31.2 Å². The van der Waals surface area contributed by atoms with Gasteiger partial charge in [0, 0.05) is 24.6 Å². The number of benzene rings is 1. The molecule has 0 aliphatic carbocycles. The number of allylic oxidation sites excluding steroid dienone is 2. The van der Waals surface area contributed by atoms with Crippen LogP contribution < -0.4 is 15.5 Å². The second-order valence-corrected chi connectivity index (χ2v) is 7.53. The van der Waals surface area contributed by atoms with Crippen LogP contribution in [0.25, 0.3) is 6.08 Å². The van der Waals surface area contributed by atoms with E-state index in [-0.39, 0.29) is 23.4 Å². The number of methoxy groups -OCH3 is 1. The van der Waals surface area contributed by atoms with E-state index in [0.29, 0.717) is 29.9 Å². The van der Waals surface area contributed by atoms with Crippen LogP contribution in [0.15, 0.2) is 50.7 Å². The summed E-state index contributed by atoms with van der Waals surface area (Å²) in [4.78, 5) is 23.5. The van der Waals surface area contributed by atoms with Gasteiger partial charge in [0.25, 0.3) is 5.95 Å². The molecule has 0 unspecified atom stereocenters. The summed E-state index contributed by atoms with van der Waals surface area (Å²) in [5, 5.41) is 2.76. The lowest BCUT2D eigenvalue weighted by molar-refractivity contribution is -0.114. The van der Waals surface area contributed by atoms with Crippen molar-refractivity contribution in [1.82, 2.24) is 0 Å². The molecule has 1 aromatic carbocycles. The van der Waals surface area contributed by atoms with Crippen LogP contribution in [-0.4, -0.2) is 19.6 Å². The van der Waals surface area contributed by atoms with Crippen LogP contribution in [0.3, 0.4) is 0 Å². The van der Waals surface area contributed by atoms with Crippen molar-refractivity contribution < 1.29 is 18.7 Å². The first-order valence-corrected chi connectivity index (χ1v) is 9.83. The molecule has 2 heterocycles. The number of amides is 1. The molecule has 1 fully saturated rings. The van der Waals surface area contributed by atoms with Gasteiger partial charge in [-0.15, -0.1) is 0 Å². The van der Waals surface area contributed by atoms with Crippen LogP contribution in [0, 0.1) is 13.8 Å². The van der Waals surface area contributed by atoms with Gasteiger partial charge in [0.05, 0.1) is 19.3 Å². The molecule has 0 spiro atoms. The third-order valence-corrected chi connectivity index (χ3v) is 5.01. The van der Waals surface area contributed by atoms with Gasteiger partial charge in [-0.3, -0.25) is 9.59 Å². The standard InChI is InChI=1S/C24H27NO5/c1-14(10-18-6-8-20(9-7-18)25-17(4)26)11-19-12-21(29-13-19)23-15(2)22(27)16(3)24(28-5)30-23/h6-11,21H,12-13H2,1-5H3,(H,25,26)/b14-10+,19-11-/t21-/m0/s1. The van der Waals surface area contributed by atoms with Gasteiger partial charge in [0.2, 0.25) is 5.91 Å². The minimum Gasteiger partial charge on any atom is -0.468 e. The second-order valence-electron chi connectivity index (χ2n) is 7.53. The number of hydrogen-bond acceptors (Lipinski definition) is 5. The van der Waals surface area contributed by atoms with Crippen molar-refractivity contribution in [3.05, 3.63) is 74.2 Å². The summed E-state index contributed by atoms with van der Waals surface area (Å²) in [6.07, 6.45) is 4.52. The van der Waals surface area contributed by atoms with Gasteiger partial charge in [0.1, 0.15) is 11.9 Å². The number of carbonyl (C=O) groups is 1. The molecular weight excluding hydrogens is 382 g/mol. The smallest absolute Gasteiger partial charge is 0.291 e. The van der Waals surface area contributed by atoms with E-state index >= 15 is 0 Å². The number of hydrogen-bond donors (Lipinski definition) is 1. The number of carbonyl (C=O) groups excluding carboxylic acids is 1. The molecule has 3 rings (SSSR count). The highest BCUT2D eigenvalue weighted by Crippen LogP contribution is 2.35. The van der Waals surface area contributed by atoms with Gasteiger partial charge in [-0.1, -0.05) is 29.9 Å². The Morgan fingerprint density at radius 2 is 1.87 bits per heavy atom. The first-order valence-electron chi connectivity index (χ1n) is 9.83. The highest BCUT2D eigenvalue weighted by atomic mass is 16.6. The minimum atomic E-state index is -0.303. The van der Waals surface area contributed by atoms with E-state index in [0.717, 1.165) is 22.4 Å². The fourth-order valence-electron chi connectivity index (χ4n) is 3.57. The normalized spacial score (nSPS) is 18.0. The largest absolute Gasteiger partial charge is 0.468 e. The first kappa shape index (κ1) is 21.6. The van der Waals surface area contributed by atoms with Crippen molar-refractivity contribution in [2.24, 2.45) is 0 Å². The summed E-state index contributed by atoms with van der Waals surface area (Å²) in [6.45, 7) is 7.45. The van der Waals surface area contributed by atoms with Crippen LogP contribution in [0.5, 0.6) is 5.95 Å². The molecule has 30 heavy (non-hydrogen) atoms. The molecule has 0 saturated carbocycles. The molecule has 1 N–H and O–H groups in total. The molecular formula is C24H27NO5. The molecule has 2 aromatic rings. The SMILES string of the molecule is COc1oc([C@@H]2C/C(=C/C(C)=C/c3ccc(NC(C)=O)cc3)CO2)c(C)c(=O)c1C. The maximum Gasteiger partial charge on any atom is 0.291 e. The topological polar surface area (TPSA) is 77.8 Å². The fraction of sp³-hybridized carbons (Fsp3) is 0.333. The molecule has 0 radical (unpaired) electrons. The van der Waals surface area contributed by atoms with Gasteiger partial charge < -0.3 is 19.2 Å². The van der Waals surface area contributed by atoms with Gasteiger partial charge in [0.15, 0.2) is 5.43 Å². The Kier molecular flexibility index (Phi) is 6.57. The van der Waals surface area contributed by atoms with Crippen molar-refractivity contribution in [1.29, 1.82) is 0 Å². The Morgan fingerprint density at radius 3 is 2.50 bits per heavy atom. The molecule has 1 aromatic heterocycles. The summed E-state index contributed by atoms with van der Waals surface area (Å²) >= 11 is 0. The summed E-state index contributed by atoms with van der Waals surface area (Å²) < 4.78 is 16.9. The van der Waals surface area contributed by atoms with Crippen LogP contribution in [-0.2, 0) is 9.53 Å². The zero-order valence-electron chi connectivity index (χ0n) is 18.0. The van der Waals surface area contributed by atoms with Crippen LogP contribution in [0.4, 0.5) is 5.69 Å². The molecule has 6 nitrogen and oxygen atoms in total. The molecule has 1 aliphatic heterocycles. The molecule has 1 amide bonds. The van der Waals surface area contributed by atoms with E-state index in [9.17, 15) is 9.59 Å². The van der Waals surface area contributed by atoms with E-state index in [4.69, 9.17) is 13.9 Å². The Morgan fingerprint density at radius 1 is 1.17 bits per heavy atom. The predicted octanol–water partition coefficient (Wildman–Crippen LogP) is 4.71. The maximum atomic E-state index is 12.4. The quantitative estimate of drug-likeness (QED) is 0.773. The molecule has 0 bridgehead atoms. The predicted molar refractivity (Wildman–Crippen MR) is 117 cm³/mol. The lowest BCUT2D eigenvalue weighted by Gasteiger charge is -2.13. The fourth-order valence-corrected chi connectivity index (χ4v) is 3.57. The van der Waals surface area contributed by atoms with E-state index in [1.54, 1.807) is 13.8 Å². The van der Waals surface area contributed by atoms with Gasteiger partial charge in [-0.05, 0) is 44.0 Å². The van der Waals surface area contributed by atoms with E-state index < -0.39 is 0 Å². The molecule has 1 aliphatic rings.